The number of hydrogen-bond donors (Lipinski definition) is 2. The molecule has 0 fully saturated rings. The predicted octanol–water partition coefficient (Wildman–Crippen LogP) is 2.88. The summed E-state index contributed by atoms with van der Waals surface area (Å²) in [6, 6.07) is 14.6. The first-order chi connectivity index (χ1) is 17.5. The second-order valence-electron chi connectivity index (χ2n) is 8.04. The Morgan fingerprint density at radius 1 is 0.889 bits per heavy atom. The number of carbonyl (C=O) groups excluding carboxylic acids is 2. The first kappa shape index (κ1) is 24.9. The van der Waals surface area contributed by atoms with Crippen molar-refractivity contribution in [3.63, 3.8) is 0 Å². The standard InChI is InChI=1S/C25H25N7O3S/c33-21(15-18-7-2-1-3-8-18)27-20-11-14-32(25(35)28-20)13-5-4-10-23-30-31-24(36-23)29-22(34)16-19-9-6-12-26-17-19/h1-3,6-9,11-12,14,17H,4-5,10,13,15-16H2,(H,29,31,34)(H,27,28,33,35). The van der Waals surface area contributed by atoms with Crippen molar-refractivity contribution in [1.82, 2.24) is 24.7 Å². The van der Waals surface area contributed by atoms with Gasteiger partial charge >= 0.3 is 5.69 Å². The van der Waals surface area contributed by atoms with Gasteiger partial charge in [0.15, 0.2) is 0 Å². The highest BCUT2D eigenvalue weighted by Crippen LogP contribution is 2.17. The van der Waals surface area contributed by atoms with Gasteiger partial charge in [0.1, 0.15) is 10.8 Å². The molecule has 0 saturated heterocycles. The maximum Gasteiger partial charge on any atom is 0.349 e. The molecule has 3 aromatic heterocycles. The SMILES string of the molecule is O=C(Cc1ccccc1)Nc1ccn(CCCCc2nnc(NC(=O)Cc3cccnc3)s2)c(=O)n1. The van der Waals surface area contributed by atoms with Gasteiger partial charge in [-0.25, -0.2) is 4.79 Å². The zero-order chi connectivity index (χ0) is 25.2. The van der Waals surface area contributed by atoms with Crippen molar-refractivity contribution in [2.75, 3.05) is 10.6 Å². The lowest BCUT2D eigenvalue weighted by molar-refractivity contribution is -0.116. The monoisotopic (exact) mass is 503 g/mol. The molecule has 1 aromatic carbocycles. The summed E-state index contributed by atoms with van der Waals surface area (Å²) in [7, 11) is 0. The van der Waals surface area contributed by atoms with E-state index in [-0.39, 0.29) is 30.5 Å². The van der Waals surface area contributed by atoms with Crippen LogP contribution in [-0.2, 0) is 35.4 Å². The van der Waals surface area contributed by atoms with Crippen LogP contribution in [0, 0.1) is 0 Å². The van der Waals surface area contributed by atoms with Gasteiger partial charge in [0.25, 0.3) is 0 Å². The second kappa shape index (κ2) is 12.5. The molecule has 0 unspecified atom stereocenters. The van der Waals surface area contributed by atoms with E-state index in [0.717, 1.165) is 29.0 Å². The molecule has 0 atom stereocenters. The molecule has 3 heterocycles. The molecule has 0 aliphatic carbocycles. The van der Waals surface area contributed by atoms with Crippen LogP contribution in [0.25, 0.3) is 0 Å². The summed E-state index contributed by atoms with van der Waals surface area (Å²) in [6.07, 6.45) is 7.60. The number of aromatic nitrogens is 5. The number of aryl methyl sites for hydroxylation is 2. The Morgan fingerprint density at radius 3 is 2.44 bits per heavy atom. The summed E-state index contributed by atoms with van der Waals surface area (Å²) in [5, 5.41) is 14.9. The van der Waals surface area contributed by atoms with Gasteiger partial charge in [0, 0.05) is 31.6 Å². The van der Waals surface area contributed by atoms with Crippen LogP contribution in [0.3, 0.4) is 0 Å². The Hall–Kier alpha value is -4.25. The topological polar surface area (TPSA) is 132 Å². The Bertz CT molecular complexity index is 1360. The summed E-state index contributed by atoms with van der Waals surface area (Å²) >= 11 is 1.34. The Labute approximate surface area is 211 Å². The molecule has 0 saturated carbocycles. The minimum Gasteiger partial charge on any atom is -0.310 e. The average Bonchev–Trinajstić information content (AvgIpc) is 3.31. The lowest BCUT2D eigenvalue weighted by Crippen LogP contribution is -2.25. The number of unbranched alkanes of at least 4 members (excludes halogenated alkanes) is 1. The van der Waals surface area contributed by atoms with E-state index < -0.39 is 5.69 Å². The van der Waals surface area contributed by atoms with E-state index >= 15 is 0 Å². The third-order valence-electron chi connectivity index (χ3n) is 5.19. The van der Waals surface area contributed by atoms with E-state index in [1.54, 1.807) is 30.7 Å². The first-order valence-electron chi connectivity index (χ1n) is 11.5. The molecule has 2 N–H and O–H groups in total. The third-order valence-corrected chi connectivity index (χ3v) is 6.09. The van der Waals surface area contributed by atoms with Crippen molar-refractivity contribution in [3.8, 4) is 0 Å². The van der Waals surface area contributed by atoms with Crippen molar-refractivity contribution < 1.29 is 9.59 Å². The van der Waals surface area contributed by atoms with Crippen LogP contribution in [0.4, 0.5) is 10.9 Å². The summed E-state index contributed by atoms with van der Waals surface area (Å²) in [4.78, 5) is 44.6. The number of amides is 2. The highest BCUT2D eigenvalue weighted by atomic mass is 32.1. The summed E-state index contributed by atoms with van der Waals surface area (Å²) < 4.78 is 1.51. The van der Waals surface area contributed by atoms with Crippen LogP contribution < -0.4 is 16.3 Å². The summed E-state index contributed by atoms with van der Waals surface area (Å²) in [5.41, 5.74) is 1.30. The van der Waals surface area contributed by atoms with E-state index in [1.807, 2.05) is 36.4 Å². The van der Waals surface area contributed by atoms with Gasteiger partial charge in [0.2, 0.25) is 16.9 Å². The molecule has 11 heteroatoms. The first-order valence-corrected chi connectivity index (χ1v) is 12.3. The Kier molecular flexibility index (Phi) is 8.60. The van der Waals surface area contributed by atoms with Gasteiger partial charge in [-0.05, 0) is 36.1 Å². The van der Waals surface area contributed by atoms with Crippen LogP contribution in [0.1, 0.15) is 29.0 Å². The van der Waals surface area contributed by atoms with E-state index in [9.17, 15) is 14.4 Å². The normalized spacial score (nSPS) is 10.7. The number of carbonyl (C=O) groups is 2. The van der Waals surface area contributed by atoms with Crippen LogP contribution in [0.15, 0.2) is 71.9 Å². The van der Waals surface area contributed by atoms with Gasteiger partial charge in [0.05, 0.1) is 12.8 Å². The summed E-state index contributed by atoms with van der Waals surface area (Å²) in [5.74, 6) is -0.156. The smallest absolute Gasteiger partial charge is 0.310 e. The largest absolute Gasteiger partial charge is 0.349 e. The molecule has 0 bridgehead atoms. The molecule has 0 aliphatic heterocycles. The van der Waals surface area contributed by atoms with Gasteiger partial charge in [-0.3, -0.25) is 19.1 Å². The third kappa shape index (κ3) is 7.64. The second-order valence-corrected chi connectivity index (χ2v) is 9.11. The van der Waals surface area contributed by atoms with Crippen molar-refractivity contribution in [2.45, 2.75) is 38.6 Å². The minimum absolute atomic E-state index is 0.169. The van der Waals surface area contributed by atoms with Crippen molar-refractivity contribution in [2.24, 2.45) is 0 Å². The molecule has 4 rings (SSSR count). The number of pyridine rings is 1. The van der Waals surface area contributed by atoms with Gasteiger partial charge in [-0.1, -0.05) is 47.7 Å². The van der Waals surface area contributed by atoms with E-state index in [2.05, 4.69) is 30.8 Å². The van der Waals surface area contributed by atoms with Gasteiger partial charge in [-0.2, -0.15) is 4.98 Å². The van der Waals surface area contributed by atoms with Crippen LogP contribution >= 0.6 is 11.3 Å². The number of hydrogen-bond acceptors (Lipinski definition) is 8. The quantitative estimate of drug-likeness (QED) is 0.301. The number of nitrogens with one attached hydrogen (secondary N) is 2. The molecule has 4 aromatic rings. The lowest BCUT2D eigenvalue weighted by atomic mass is 10.1. The zero-order valence-electron chi connectivity index (χ0n) is 19.5. The van der Waals surface area contributed by atoms with Crippen molar-refractivity contribution in [1.29, 1.82) is 0 Å². The van der Waals surface area contributed by atoms with E-state index in [0.29, 0.717) is 18.1 Å². The molecule has 0 spiro atoms. The summed E-state index contributed by atoms with van der Waals surface area (Å²) in [6.45, 7) is 0.498. The zero-order valence-corrected chi connectivity index (χ0v) is 20.3. The number of anilines is 2. The van der Waals surface area contributed by atoms with Crippen molar-refractivity contribution >= 4 is 34.1 Å². The molecule has 0 radical (unpaired) electrons. The van der Waals surface area contributed by atoms with E-state index in [4.69, 9.17) is 0 Å². The number of nitrogens with zero attached hydrogens (tertiary/aromatic N) is 5. The van der Waals surface area contributed by atoms with Crippen LogP contribution in [-0.4, -0.2) is 36.5 Å². The highest BCUT2D eigenvalue weighted by Gasteiger charge is 2.10. The molecular formula is C25H25N7O3S. The fourth-order valence-electron chi connectivity index (χ4n) is 3.45. The fraction of sp³-hybridized carbons (Fsp3) is 0.240. The number of rotatable bonds is 11. The van der Waals surface area contributed by atoms with Crippen molar-refractivity contribution in [3.05, 3.63) is 93.7 Å². The highest BCUT2D eigenvalue weighted by molar-refractivity contribution is 7.15. The molecule has 36 heavy (non-hydrogen) atoms. The Balaban J connectivity index is 1.18. The molecular weight excluding hydrogens is 478 g/mol. The Morgan fingerprint density at radius 2 is 1.67 bits per heavy atom. The van der Waals surface area contributed by atoms with Gasteiger partial charge in [-0.15, -0.1) is 10.2 Å². The molecule has 10 nitrogen and oxygen atoms in total. The minimum atomic E-state index is -0.415. The average molecular weight is 504 g/mol. The fourth-order valence-corrected chi connectivity index (χ4v) is 4.25. The van der Waals surface area contributed by atoms with Crippen LogP contribution in [0.5, 0.6) is 0 Å². The maximum absolute atomic E-state index is 12.3. The van der Waals surface area contributed by atoms with Gasteiger partial charge < -0.3 is 10.6 Å². The predicted molar refractivity (Wildman–Crippen MR) is 137 cm³/mol. The molecule has 184 valence electrons. The lowest BCUT2D eigenvalue weighted by Gasteiger charge is -2.07. The van der Waals surface area contributed by atoms with E-state index in [1.165, 1.54) is 15.9 Å². The number of benzene rings is 1. The molecule has 2 amide bonds. The van der Waals surface area contributed by atoms with Crippen LogP contribution in [0.2, 0.25) is 0 Å². The molecule has 0 aliphatic rings. The maximum atomic E-state index is 12.3.